The minimum Gasteiger partial charge on any atom is -0.396 e. The highest BCUT2D eigenvalue weighted by Crippen LogP contribution is 2.36. The van der Waals surface area contributed by atoms with Crippen LogP contribution in [0.5, 0.6) is 0 Å². The number of aliphatic hydroxyl groups is 1. The number of nitrogens with two attached hydrogens (primary N) is 1. The number of rotatable bonds is 7. The summed E-state index contributed by atoms with van der Waals surface area (Å²) in [5, 5.41) is 18.6. The first-order chi connectivity index (χ1) is 13.6. The number of nitrogens with zero attached hydrogens (tertiary/aromatic N) is 2. The first-order valence-electron chi connectivity index (χ1n) is 9.79. The van der Waals surface area contributed by atoms with Crippen LogP contribution in [-0.4, -0.2) is 33.9 Å². The Labute approximate surface area is 164 Å². The van der Waals surface area contributed by atoms with Gasteiger partial charge in [0.15, 0.2) is 0 Å². The van der Waals surface area contributed by atoms with E-state index in [-0.39, 0.29) is 12.0 Å². The molecule has 0 spiro atoms. The number of carbonyl (C=O) groups is 1. The van der Waals surface area contributed by atoms with Crippen molar-refractivity contribution in [2.45, 2.75) is 32.2 Å². The Bertz CT molecular complexity index is 972. The summed E-state index contributed by atoms with van der Waals surface area (Å²) in [6.07, 6.45) is 6.55. The van der Waals surface area contributed by atoms with E-state index in [0.29, 0.717) is 11.1 Å². The van der Waals surface area contributed by atoms with Crippen molar-refractivity contribution in [3.05, 3.63) is 59.8 Å². The van der Waals surface area contributed by atoms with Gasteiger partial charge >= 0.3 is 0 Å². The van der Waals surface area contributed by atoms with Crippen molar-refractivity contribution in [1.82, 2.24) is 15.1 Å². The smallest absolute Gasteiger partial charge is 0.250 e. The number of carbonyl (C=O) groups excluding carboxylic acids is 1. The molecule has 1 heterocycles. The van der Waals surface area contributed by atoms with Gasteiger partial charge in [-0.15, -0.1) is 0 Å². The van der Waals surface area contributed by atoms with E-state index >= 15 is 0 Å². The number of hydrogen-bond acceptors (Lipinski definition) is 4. The van der Waals surface area contributed by atoms with E-state index in [1.54, 1.807) is 10.7 Å². The second kappa shape index (κ2) is 7.73. The van der Waals surface area contributed by atoms with Gasteiger partial charge in [-0.1, -0.05) is 37.1 Å². The van der Waals surface area contributed by atoms with E-state index in [1.807, 2.05) is 30.5 Å². The van der Waals surface area contributed by atoms with E-state index in [0.717, 1.165) is 37.0 Å². The van der Waals surface area contributed by atoms with Gasteiger partial charge in [0.25, 0.3) is 5.91 Å². The standard InChI is InChI=1S/C22H26N4O2/c23-21(28)19-5-3-4-17-13-26(25-20(17)19)18-8-6-16(7-9-18)12-24-14-22(15-27)10-1-2-11-22/h3-9,13,24,27H,1-2,10-12,14-15H2,(H2,23,28). The van der Waals surface area contributed by atoms with Crippen LogP contribution in [0.3, 0.4) is 0 Å². The number of aromatic nitrogens is 2. The van der Waals surface area contributed by atoms with Crippen LogP contribution in [0.25, 0.3) is 16.6 Å². The lowest BCUT2D eigenvalue weighted by atomic mass is 9.87. The monoisotopic (exact) mass is 378 g/mol. The van der Waals surface area contributed by atoms with E-state index in [9.17, 15) is 9.90 Å². The highest BCUT2D eigenvalue weighted by Gasteiger charge is 2.32. The van der Waals surface area contributed by atoms with Crippen LogP contribution in [0.15, 0.2) is 48.7 Å². The van der Waals surface area contributed by atoms with Gasteiger partial charge in [-0.05, 0) is 36.6 Å². The summed E-state index contributed by atoms with van der Waals surface area (Å²) in [4.78, 5) is 11.6. The fraction of sp³-hybridized carbons (Fsp3) is 0.364. The van der Waals surface area contributed by atoms with E-state index in [4.69, 9.17) is 5.73 Å². The van der Waals surface area contributed by atoms with Crippen molar-refractivity contribution >= 4 is 16.8 Å². The molecule has 4 N–H and O–H groups in total. The molecule has 0 radical (unpaired) electrons. The topological polar surface area (TPSA) is 93.2 Å². The average Bonchev–Trinajstić information content (AvgIpc) is 3.35. The Balaban J connectivity index is 1.45. The predicted octanol–water partition coefficient (Wildman–Crippen LogP) is 2.77. The van der Waals surface area contributed by atoms with Crippen LogP contribution >= 0.6 is 0 Å². The minimum atomic E-state index is -0.472. The number of fused-ring (bicyclic) bond motifs is 1. The van der Waals surface area contributed by atoms with E-state index in [1.165, 1.54) is 18.4 Å². The number of benzene rings is 2. The number of amides is 1. The van der Waals surface area contributed by atoms with Crippen LogP contribution in [0.4, 0.5) is 0 Å². The molecule has 1 saturated carbocycles. The van der Waals surface area contributed by atoms with Gasteiger partial charge in [0.05, 0.1) is 11.3 Å². The molecule has 0 unspecified atom stereocenters. The van der Waals surface area contributed by atoms with Crippen LogP contribution < -0.4 is 11.1 Å². The maximum Gasteiger partial charge on any atom is 0.250 e. The summed E-state index contributed by atoms with van der Waals surface area (Å²) in [7, 11) is 0. The van der Waals surface area contributed by atoms with Crippen molar-refractivity contribution in [1.29, 1.82) is 0 Å². The normalized spacial score (nSPS) is 15.9. The molecule has 28 heavy (non-hydrogen) atoms. The molecule has 3 aromatic rings. The van der Waals surface area contributed by atoms with Gasteiger partial charge in [-0.3, -0.25) is 4.79 Å². The van der Waals surface area contributed by atoms with Crippen molar-refractivity contribution in [2.24, 2.45) is 11.1 Å². The number of nitrogens with one attached hydrogen (secondary N) is 1. The lowest BCUT2D eigenvalue weighted by Crippen LogP contribution is -2.34. The molecule has 0 atom stereocenters. The molecular weight excluding hydrogens is 352 g/mol. The van der Waals surface area contributed by atoms with Crippen molar-refractivity contribution in [3.63, 3.8) is 0 Å². The molecule has 4 rings (SSSR count). The number of aliphatic hydroxyl groups excluding tert-OH is 1. The van der Waals surface area contributed by atoms with E-state index in [2.05, 4.69) is 22.5 Å². The molecule has 0 saturated heterocycles. The minimum absolute atomic E-state index is 0.0627. The molecule has 2 aromatic carbocycles. The van der Waals surface area contributed by atoms with Gasteiger partial charge in [0, 0.05) is 36.7 Å². The SMILES string of the molecule is NC(=O)c1cccc2cn(-c3ccc(CNCC4(CO)CCCC4)cc3)nc12. The molecule has 6 heteroatoms. The molecule has 1 aliphatic carbocycles. The predicted molar refractivity (Wildman–Crippen MR) is 109 cm³/mol. The molecule has 146 valence electrons. The molecule has 0 aliphatic heterocycles. The molecule has 6 nitrogen and oxygen atoms in total. The summed E-state index contributed by atoms with van der Waals surface area (Å²) in [6, 6.07) is 13.6. The average molecular weight is 378 g/mol. The molecule has 1 aliphatic rings. The Kier molecular flexibility index (Phi) is 5.15. The lowest BCUT2D eigenvalue weighted by molar-refractivity contribution is 0.100. The Morgan fingerprint density at radius 1 is 1.18 bits per heavy atom. The zero-order valence-electron chi connectivity index (χ0n) is 15.9. The summed E-state index contributed by atoms with van der Waals surface area (Å²) >= 11 is 0. The summed E-state index contributed by atoms with van der Waals surface area (Å²) in [5.41, 5.74) is 8.67. The van der Waals surface area contributed by atoms with Gasteiger partial charge < -0.3 is 16.2 Å². The second-order valence-corrected chi connectivity index (χ2v) is 7.82. The Morgan fingerprint density at radius 3 is 2.61 bits per heavy atom. The maximum atomic E-state index is 11.6. The van der Waals surface area contributed by atoms with Crippen molar-refractivity contribution < 1.29 is 9.90 Å². The molecule has 1 fully saturated rings. The van der Waals surface area contributed by atoms with Gasteiger partial charge in [-0.25, -0.2) is 4.68 Å². The number of hydrogen-bond donors (Lipinski definition) is 3. The van der Waals surface area contributed by atoms with Gasteiger partial charge in [0.2, 0.25) is 0 Å². The number of primary amides is 1. The molecule has 0 bridgehead atoms. The largest absolute Gasteiger partial charge is 0.396 e. The van der Waals surface area contributed by atoms with Crippen molar-refractivity contribution in [2.75, 3.05) is 13.2 Å². The Morgan fingerprint density at radius 2 is 1.93 bits per heavy atom. The highest BCUT2D eigenvalue weighted by atomic mass is 16.3. The third kappa shape index (κ3) is 3.66. The van der Waals surface area contributed by atoms with Crippen LogP contribution in [0.1, 0.15) is 41.6 Å². The third-order valence-electron chi connectivity index (χ3n) is 5.83. The quantitative estimate of drug-likeness (QED) is 0.589. The van der Waals surface area contributed by atoms with Crippen molar-refractivity contribution in [3.8, 4) is 5.69 Å². The zero-order chi connectivity index (χ0) is 19.6. The lowest BCUT2D eigenvalue weighted by Gasteiger charge is -2.26. The first kappa shape index (κ1) is 18.7. The summed E-state index contributed by atoms with van der Waals surface area (Å²) in [6.45, 7) is 1.89. The second-order valence-electron chi connectivity index (χ2n) is 7.82. The maximum absolute atomic E-state index is 11.6. The van der Waals surface area contributed by atoms with E-state index < -0.39 is 5.91 Å². The summed E-state index contributed by atoms with van der Waals surface area (Å²) in [5.74, 6) is -0.472. The van der Waals surface area contributed by atoms with Gasteiger partial charge in [-0.2, -0.15) is 5.10 Å². The fourth-order valence-corrected chi connectivity index (χ4v) is 4.13. The van der Waals surface area contributed by atoms with Crippen LogP contribution in [0.2, 0.25) is 0 Å². The molecule has 1 amide bonds. The van der Waals surface area contributed by atoms with Crippen LogP contribution in [0, 0.1) is 5.41 Å². The highest BCUT2D eigenvalue weighted by molar-refractivity contribution is 6.04. The first-order valence-corrected chi connectivity index (χ1v) is 9.79. The van der Waals surface area contributed by atoms with Gasteiger partial charge in [0.1, 0.15) is 5.52 Å². The molecule has 1 aromatic heterocycles. The third-order valence-corrected chi connectivity index (χ3v) is 5.83. The Hall–Kier alpha value is -2.70. The zero-order valence-corrected chi connectivity index (χ0v) is 15.9. The summed E-state index contributed by atoms with van der Waals surface area (Å²) < 4.78 is 1.77. The molecular formula is C22H26N4O2. The fourth-order valence-electron chi connectivity index (χ4n) is 4.13. The van der Waals surface area contributed by atoms with Crippen LogP contribution in [-0.2, 0) is 6.54 Å².